The second-order valence-corrected chi connectivity index (χ2v) is 5.67. The van der Waals surface area contributed by atoms with E-state index in [4.69, 9.17) is 0 Å². The first-order chi connectivity index (χ1) is 8.70. The van der Waals surface area contributed by atoms with E-state index in [0.29, 0.717) is 5.41 Å². The van der Waals surface area contributed by atoms with E-state index in [1.54, 1.807) is 12.1 Å². The molecule has 2 aliphatic rings. The molecule has 2 fully saturated rings. The topological polar surface area (TPSA) is 55.2 Å². The lowest BCUT2D eigenvalue weighted by molar-refractivity contribution is -0.384. The molecule has 0 bridgehead atoms. The van der Waals surface area contributed by atoms with Gasteiger partial charge in [-0.15, -0.1) is 0 Å². The molecule has 4 nitrogen and oxygen atoms in total. The summed E-state index contributed by atoms with van der Waals surface area (Å²) in [4.78, 5) is 10.3. The minimum absolute atomic E-state index is 0.178. The number of hydrogen-bond acceptors (Lipinski definition) is 3. The maximum atomic E-state index is 10.7. The average molecular weight is 246 g/mol. The van der Waals surface area contributed by atoms with Crippen molar-refractivity contribution in [3.05, 3.63) is 39.9 Å². The fourth-order valence-corrected chi connectivity index (χ4v) is 2.82. The lowest BCUT2D eigenvalue weighted by Crippen LogP contribution is -2.25. The van der Waals surface area contributed by atoms with Crippen LogP contribution in [-0.4, -0.2) is 11.5 Å². The number of rotatable bonds is 6. The van der Waals surface area contributed by atoms with Crippen LogP contribution in [-0.2, 0) is 6.54 Å². The molecular formula is C14H18N2O2. The summed E-state index contributed by atoms with van der Waals surface area (Å²) in [6, 6.07) is 6.89. The third kappa shape index (κ3) is 2.38. The molecule has 0 spiro atoms. The number of nitrogens with one attached hydrogen (secondary N) is 1. The molecular weight excluding hydrogens is 228 g/mol. The van der Waals surface area contributed by atoms with Gasteiger partial charge in [-0.2, -0.15) is 0 Å². The van der Waals surface area contributed by atoms with Crippen LogP contribution in [0.5, 0.6) is 0 Å². The molecule has 2 saturated carbocycles. The van der Waals surface area contributed by atoms with Crippen LogP contribution in [0.15, 0.2) is 24.3 Å². The van der Waals surface area contributed by atoms with E-state index < -0.39 is 0 Å². The number of benzene rings is 1. The van der Waals surface area contributed by atoms with E-state index in [9.17, 15) is 10.1 Å². The molecule has 1 aromatic rings. The van der Waals surface area contributed by atoms with Gasteiger partial charge in [0.2, 0.25) is 0 Å². The molecule has 0 amide bonds. The Morgan fingerprint density at radius 2 is 2.17 bits per heavy atom. The summed E-state index contributed by atoms with van der Waals surface area (Å²) < 4.78 is 0. The number of hydrogen-bond donors (Lipinski definition) is 1. The van der Waals surface area contributed by atoms with Crippen molar-refractivity contribution in [1.29, 1.82) is 0 Å². The van der Waals surface area contributed by atoms with Crippen molar-refractivity contribution in [3.63, 3.8) is 0 Å². The molecule has 4 heteroatoms. The van der Waals surface area contributed by atoms with E-state index in [1.165, 1.54) is 31.7 Å². The Kier molecular flexibility index (Phi) is 2.82. The first-order valence-corrected chi connectivity index (χ1v) is 6.64. The molecule has 18 heavy (non-hydrogen) atoms. The molecule has 0 aliphatic heterocycles. The summed E-state index contributed by atoms with van der Waals surface area (Å²) in [7, 11) is 0. The van der Waals surface area contributed by atoms with E-state index in [-0.39, 0.29) is 10.6 Å². The Morgan fingerprint density at radius 1 is 1.39 bits per heavy atom. The third-order valence-electron chi connectivity index (χ3n) is 4.26. The van der Waals surface area contributed by atoms with Crippen molar-refractivity contribution in [3.8, 4) is 0 Å². The SMILES string of the molecule is O=[N+]([O-])c1cccc(CNCC2(C3CC3)CC2)c1. The predicted octanol–water partition coefficient (Wildman–Crippen LogP) is 2.87. The molecule has 1 aromatic carbocycles. The standard InChI is InChI=1S/C14H18N2O2/c17-16(18)13-3-1-2-11(8-13)9-15-10-14(6-7-14)12-4-5-12/h1-3,8,12,15H,4-7,9-10H2. The highest BCUT2D eigenvalue weighted by Crippen LogP contribution is 2.60. The zero-order valence-electron chi connectivity index (χ0n) is 10.4. The zero-order chi connectivity index (χ0) is 12.6. The molecule has 3 rings (SSSR count). The highest BCUT2D eigenvalue weighted by Gasteiger charge is 2.53. The normalized spacial score (nSPS) is 20.7. The monoisotopic (exact) mass is 246 g/mol. The molecule has 0 radical (unpaired) electrons. The molecule has 96 valence electrons. The van der Waals surface area contributed by atoms with Crippen LogP contribution in [0.4, 0.5) is 5.69 Å². The summed E-state index contributed by atoms with van der Waals surface area (Å²) in [6.07, 6.45) is 5.52. The predicted molar refractivity (Wildman–Crippen MR) is 69.2 cm³/mol. The summed E-state index contributed by atoms with van der Waals surface area (Å²) >= 11 is 0. The van der Waals surface area contributed by atoms with Gasteiger partial charge in [-0.1, -0.05) is 12.1 Å². The van der Waals surface area contributed by atoms with Crippen LogP contribution in [0.2, 0.25) is 0 Å². The van der Waals surface area contributed by atoms with Crippen LogP contribution in [0.25, 0.3) is 0 Å². The minimum Gasteiger partial charge on any atom is -0.312 e. The summed E-state index contributed by atoms with van der Waals surface area (Å²) in [5.74, 6) is 0.954. The molecule has 0 atom stereocenters. The van der Waals surface area contributed by atoms with Crippen LogP contribution < -0.4 is 5.32 Å². The maximum Gasteiger partial charge on any atom is 0.269 e. The molecule has 0 aromatic heterocycles. The van der Waals surface area contributed by atoms with Gasteiger partial charge in [0.05, 0.1) is 4.92 Å². The van der Waals surface area contributed by atoms with Gasteiger partial charge in [0.15, 0.2) is 0 Å². The summed E-state index contributed by atoms with van der Waals surface area (Å²) in [6.45, 7) is 1.80. The van der Waals surface area contributed by atoms with Crippen molar-refractivity contribution in [2.45, 2.75) is 32.2 Å². The fourth-order valence-electron chi connectivity index (χ4n) is 2.82. The fraction of sp³-hybridized carbons (Fsp3) is 0.571. The van der Waals surface area contributed by atoms with Gasteiger partial charge in [-0.25, -0.2) is 0 Å². The molecule has 2 aliphatic carbocycles. The van der Waals surface area contributed by atoms with Crippen molar-refractivity contribution in [2.24, 2.45) is 11.3 Å². The van der Waals surface area contributed by atoms with Crippen LogP contribution in [0.1, 0.15) is 31.2 Å². The lowest BCUT2D eigenvalue weighted by Gasteiger charge is -2.14. The number of nitro groups is 1. The Labute approximate surface area is 107 Å². The molecule has 0 unspecified atom stereocenters. The van der Waals surface area contributed by atoms with Gasteiger partial charge < -0.3 is 5.32 Å². The second kappa shape index (κ2) is 4.35. The van der Waals surface area contributed by atoms with Crippen molar-refractivity contribution in [1.82, 2.24) is 5.32 Å². The zero-order valence-corrected chi connectivity index (χ0v) is 10.4. The Morgan fingerprint density at radius 3 is 2.78 bits per heavy atom. The first kappa shape index (κ1) is 11.7. The molecule has 0 heterocycles. The molecule has 0 saturated heterocycles. The smallest absolute Gasteiger partial charge is 0.269 e. The van der Waals surface area contributed by atoms with Gasteiger partial charge in [-0.3, -0.25) is 10.1 Å². The van der Waals surface area contributed by atoms with Crippen molar-refractivity contribution >= 4 is 5.69 Å². The Balaban J connectivity index is 1.53. The number of nitrogens with zero attached hydrogens (tertiary/aromatic N) is 1. The highest BCUT2D eigenvalue weighted by atomic mass is 16.6. The Bertz CT molecular complexity index is 465. The van der Waals surface area contributed by atoms with Gasteiger partial charge in [0, 0.05) is 25.2 Å². The first-order valence-electron chi connectivity index (χ1n) is 6.64. The van der Waals surface area contributed by atoms with E-state index >= 15 is 0 Å². The number of nitro benzene ring substituents is 1. The summed E-state index contributed by atoms with van der Waals surface area (Å²) in [5.41, 5.74) is 1.76. The van der Waals surface area contributed by atoms with Crippen LogP contribution in [0, 0.1) is 21.4 Å². The van der Waals surface area contributed by atoms with Crippen molar-refractivity contribution in [2.75, 3.05) is 6.54 Å². The van der Waals surface area contributed by atoms with Gasteiger partial charge in [-0.05, 0) is 42.6 Å². The highest BCUT2D eigenvalue weighted by molar-refractivity contribution is 5.34. The van der Waals surface area contributed by atoms with Gasteiger partial charge in [0.1, 0.15) is 0 Å². The molecule has 1 N–H and O–H groups in total. The largest absolute Gasteiger partial charge is 0.312 e. The van der Waals surface area contributed by atoms with E-state index in [1.807, 2.05) is 6.07 Å². The van der Waals surface area contributed by atoms with E-state index in [2.05, 4.69) is 5.32 Å². The maximum absolute atomic E-state index is 10.7. The van der Waals surface area contributed by atoms with Crippen LogP contribution >= 0.6 is 0 Å². The Hall–Kier alpha value is -1.42. The third-order valence-corrected chi connectivity index (χ3v) is 4.26. The average Bonchev–Trinajstić information content (AvgIpc) is 3.23. The van der Waals surface area contributed by atoms with Crippen LogP contribution in [0.3, 0.4) is 0 Å². The minimum atomic E-state index is -0.337. The second-order valence-electron chi connectivity index (χ2n) is 5.67. The van der Waals surface area contributed by atoms with Gasteiger partial charge in [0.25, 0.3) is 5.69 Å². The van der Waals surface area contributed by atoms with Gasteiger partial charge >= 0.3 is 0 Å². The summed E-state index contributed by atoms with van der Waals surface area (Å²) in [5, 5.41) is 14.1. The van der Waals surface area contributed by atoms with Crippen molar-refractivity contribution < 1.29 is 4.92 Å². The lowest BCUT2D eigenvalue weighted by atomic mass is 10.0. The number of non-ortho nitro benzene ring substituents is 1. The quantitative estimate of drug-likeness (QED) is 0.620. The van der Waals surface area contributed by atoms with E-state index in [0.717, 1.165) is 24.6 Å².